The number of H-pyrrole nitrogens is 1. The highest BCUT2D eigenvalue weighted by Gasteiger charge is 2.29. The first kappa shape index (κ1) is 19.4. The van der Waals surface area contributed by atoms with E-state index in [0.717, 1.165) is 44.4 Å². The van der Waals surface area contributed by atoms with Crippen molar-refractivity contribution >= 4 is 27.5 Å². The number of carbonyl (C=O) groups is 1. The molecule has 2 aromatic heterocycles. The smallest absolute Gasteiger partial charge is 0.328 e. The molecule has 28 heavy (non-hydrogen) atoms. The number of aromatic amines is 1. The van der Waals surface area contributed by atoms with E-state index in [-0.39, 0.29) is 29.0 Å². The van der Waals surface area contributed by atoms with Gasteiger partial charge in [-0.15, -0.1) is 11.3 Å². The van der Waals surface area contributed by atoms with Crippen molar-refractivity contribution in [3.05, 3.63) is 32.3 Å². The van der Waals surface area contributed by atoms with Gasteiger partial charge in [0.15, 0.2) is 0 Å². The Hall–Kier alpha value is -1.89. The van der Waals surface area contributed by atoms with Gasteiger partial charge in [-0.25, -0.2) is 4.79 Å². The normalized spacial score (nSPS) is 28.3. The Morgan fingerprint density at radius 2 is 1.86 bits per heavy atom. The highest BCUT2D eigenvalue weighted by Crippen LogP contribution is 2.30. The summed E-state index contributed by atoms with van der Waals surface area (Å²) < 4.78 is 1.95. The number of aromatic nitrogens is 2. The summed E-state index contributed by atoms with van der Waals surface area (Å²) in [6, 6.07) is 2.11. The van der Waals surface area contributed by atoms with Crippen molar-refractivity contribution < 1.29 is 4.79 Å². The van der Waals surface area contributed by atoms with Gasteiger partial charge in [-0.1, -0.05) is 6.92 Å². The maximum Gasteiger partial charge on any atom is 0.328 e. The Morgan fingerprint density at radius 1 is 1.14 bits per heavy atom. The van der Waals surface area contributed by atoms with E-state index in [1.807, 2.05) is 5.38 Å². The minimum Gasteiger partial charge on any atom is -0.353 e. The maximum absolute atomic E-state index is 12.6. The first-order valence-corrected chi connectivity index (χ1v) is 11.4. The molecular formula is C21H29N3O3S. The van der Waals surface area contributed by atoms with Gasteiger partial charge in [-0.05, 0) is 74.6 Å². The lowest BCUT2D eigenvalue weighted by atomic mass is 9.81. The molecule has 152 valence electrons. The van der Waals surface area contributed by atoms with Crippen LogP contribution >= 0.6 is 11.3 Å². The number of carbonyl (C=O) groups excluding carboxylic acids is 1. The fourth-order valence-electron chi connectivity index (χ4n) is 4.73. The zero-order valence-electron chi connectivity index (χ0n) is 16.4. The standard InChI is InChI=1S/C21H29N3O3S/c1-13-2-8-16(9-3-13)22-19(25)15-6-4-14(5-7-15)12-24-20(26)18-17(10-11-28-18)23-21(24)27/h10-11,13-16H,2-9,12H2,1H3,(H,22,25)(H,23,27). The van der Waals surface area contributed by atoms with Crippen LogP contribution in [0, 0.1) is 17.8 Å². The molecule has 2 aliphatic rings. The molecule has 0 unspecified atom stereocenters. The van der Waals surface area contributed by atoms with Gasteiger partial charge in [0, 0.05) is 18.5 Å². The highest BCUT2D eigenvalue weighted by atomic mass is 32.1. The molecule has 4 rings (SSSR count). The van der Waals surface area contributed by atoms with E-state index in [0.29, 0.717) is 22.8 Å². The number of hydrogen-bond donors (Lipinski definition) is 2. The third kappa shape index (κ3) is 4.09. The van der Waals surface area contributed by atoms with Crippen molar-refractivity contribution in [3.8, 4) is 0 Å². The van der Waals surface area contributed by atoms with Crippen LogP contribution in [0.25, 0.3) is 10.2 Å². The van der Waals surface area contributed by atoms with Gasteiger partial charge in [0.1, 0.15) is 4.70 Å². The molecule has 2 fully saturated rings. The average Bonchev–Trinajstić information content (AvgIpc) is 3.16. The fourth-order valence-corrected chi connectivity index (χ4v) is 5.52. The molecule has 2 aromatic rings. The van der Waals surface area contributed by atoms with E-state index in [1.54, 1.807) is 6.07 Å². The molecule has 0 aliphatic heterocycles. The number of nitrogens with one attached hydrogen (secondary N) is 2. The van der Waals surface area contributed by atoms with Crippen LogP contribution in [-0.4, -0.2) is 21.5 Å². The predicted octanol–water partition coefficient (Wildman–Crippen LogP) is 3.25. The predicted molar refractivity (Wildman–Crippen MR) is 112 cm³/mol. The summed E-state index contributed by atoms with van der Waals surface area (Å²) in [5, 5.41) is 5.08. The van der Waals surface area contributed by atoms with Crippen molar-refractivity contribution in [1.82, 2.24) is 14.9 Å². The van der Waals surface area contributed by atoms with Crippen LogP contribution in [0.5, 0.6) is 0 Å². The highest BCUT2D eigenvalue weighted by molar-refractivity contribution is 7.17. The van der Waals surface area contributed by atoms with E-state index in [9.17, 15) is 14.4 Å². The van der Waals surface area contributed by atoms with E-state index < -0.39 is 0 Å². The van der Waals surface area contributed by atoms with Crippen molar-refractivity contribution in [3.63, 3.8) is 0 Å². The second-order valence-corrected chi connectivity index (χ2v) is 9.61. The van der Waals surface area contributed by atoms with Crippen LogP contribution < -0.4 is 16.6 Å². The molecule has 1 amide bonds. The molecule has 2 N–H and O–H groups in total. The zero-order valence-corrected chi connectivity index (χ0v) is 17.2. The largest absolute Gasteiger partial charge is 0.353 e. The van der Waals surface area contributed by atoms with Crippen LogP contribution in [-0.2, 0) is 11.3 Å². The van der Waals surface area contributed by atoms with Gasteiger partial charge in [0.2, 0.25) is 5.91 Å². The molecule has 0 aromatic carbocycles. The number of nitrogens with zero attached hydrogens (tertiary/aromatic N) is 1. The Balaban J connectivity index is 1.33. The molecule has 7 heteroatoms. The first-order valence-electron chi connectivity index (χ1n) is 10.5. The molecule has 6 nitrogen and oxygen atoms in total. The molecule has 0 radical (unpaired) electrons. The molecule has 2 aliphatic carbocycles. The molecule has 2 heterocycles. The molecule has 0 bridgehead atoms. The van der Waals surface area contributed by atoms with Gasteiger partial charge in [0.25, 0.3) is 5.56 Å². The minimum absolute atomic E-state index is 0.0744. The number of thiophene rings is 1. The lowest BCUT2D eigenvalue weighted by Crippen LogP contribution is -2.42. The quantitative estimate of drug-likeness (QED) is 0.822. The van der Waals surface area contributed by atoms with E-state index >= 15 is 0 Å². The van der Waals surface area contributed by atoms with Gasteiger partial charge < -0.3 is 10.3 Å². The maximum atomic E-state index is 12.6. The van der Waals surface area contributed by atoms with Crippen LogP contribution in [0.3, 0.4) is 0 Å². The Bertz CT molecular complexity index is 944. The van der Waals surface area contributed by atoms with Crippen molar-refractivity contribution in [2.45, 2.75) is 70.9 Å². The van der Waals surface area contributed by atoms with Crippen molar-refractivity contribution in [2.24, 2.45) is 17.8 Å². The fraction of sp³-hybridized carbons (Fsp3) is 0.667. The second kappa shape index (κ2) is 8.23. The molecule has 0 atom stereocenters. The lowest BCUT2D eigenvalue weighted by Gasteiger charge is -2.31. The summed E-state index contributed by atoms with van der Waals surface area (Å²) in [5.74, 6) is 1.33. The summed E-state index contributed by atoms with van der Waals surface area (Å²) in [6.45, 7) is 2.72. The van der Waals surface area contributed by atoms with Crippen molar-refractivity contribution in [2.75, 3.05) is 0 Å². The Kier molecular flexibility index (Phi) is 5.71. The third-order valence-corrected chi connectivity index (χ3v) is 7.51. The molecule has 0 saturated heterocycles. The Labute approximate surface area is 168 Å². The number of fused-ring (bicyclic) bond motifs is 1. The minimum atomic E-state index is -0.331. The summed E-state index contributed by atoms with van der Waals surface area (Å²) in [6.07, 6.45) is 8.05. The van der Waals surface area contributed by atoms with E-state index in [2.05, 4.69) is 17.2 Å². The lowest BCUT2D eigenvalue weighted by molar-refractivity contribution is -0.127. The van der Waals surface area contributed by atoms with Crippen LogP contribution in [0.4, 0.5) is 0 Å². The molecular weight excluding hydrogens is 374 g/mol. The van der Waals surface area contributed by atoms with Crippen LogP contribution in [0.2, 0.25) is 0 Å². The number of hydrogen-bond acceptors (Lipinski definition) is 4. The molecule has 0 spiro atoms. The SMILES string of the molecule is CC1CCC(NC(=O)C2CCC(Cn3c(=O)[nH]c4ccsc4c3=O)CC2)CC1. The molecule has 2 saturated carbocycles. The van der Waals surface area contributed by atoms with Gasteiger partial charge in [0.05, 0.1) is 5.52 Å². The van der Waals surface area contributed by atoms with Gasteiger partial charge in [-0.3, -0.25) is 14.2 Å². The van der Waals surface area contributed by atoms with Gasteiger partial charge in [-0.2, -0.15) is 0 Å². The average molecular weight is 404 g/mol. The van der Waals surface area contributed by atoms with Gasteiger partial charge >= 0.3 is 5.69 Å². The first-order chi connectivity index (χ1) is 13.5. The second-order valence-electron chi connectivity index (χ2n) is 8.69. The summed E-state index contributed by atoms with van der Waals surface area (Å²) in [5.41, 5.74) is 0.0937. The third-order valence-electron chi connectivity index (χ3n) is 6.61. The number of amides is 1. The van der Waals surface area contributed by atoms with Crippen LogP contribution in [0.1, 0.15) is 58.3 Å². The van der Waals surface area contributed by atoms with E-state index in [1.165, 1.54) is 28.7 Å². The summed E-state index contributed by atoms with van der Waals surface area (Å²) in [4.78, 5) is 40.3. The summed E-state index contributed by atoms with van der Waals surface area (Å²) in [7, 11) is 0. The number of rotatable bonds is 4. The zero-order chi connectivity index (χ0) is 19.7. The van der Waals surface area contributed by atoms with Crippen LogP contribution in [0.15, 0.2) is 21.0 Å². The Morgan fingerprint density at radius 3 is 2.57 bits per heavy atom. The topological polar surface area (TPSA) is 84.0 Å². The summed E-state index contributed by atoms with van der Waals surface area (Å²) >= 11 is 1.36. The van der Waals surface area contributed by atoms with Crippen molar-refractivity contribution in [1.29, 1.82) is 0 Å². The van der Waals surface area contributed by atoms with E-state index in [4.69, 9.17) is 0 Å². The monoisotopic (exact) mass is 403 g/mol.